The number of benzene rings is 2. The molecular weight excluding hydrogens is 455 g/mol. The number of aromatic nitrogens is 3. The maximum atomic E-state index is 13.4. The lowest BCUT2D eigenvalue weighted by Gasteiger charge is -2.19. The first kappa shape index (κ1) is 22.6. The average molecular weight is 481 g/mol. The van der Waals surface area contributed by atoms with E-state index in [4.69, 9.17) is 16.3 Å². The Bertz CT molecular complexity index is 1270. The summed E-state index contributed by atoms with van der Waals surface area (Å²) in [5, 5.41) is 11.7. The highest BCUT2D eigenvalue weighted by atomic mass is 35.5. The average Bonchev–Trinajstić information content (AvgIpc) is 3.06. The molecule has 0 aliphatic carbocycles. The lowest BCUT2D eigenvalue weighted by molar-refractivity contribution is 0.285. The third-order valence-corrected chi connectivity index (χ3v) is 6.14. The standard InChI is InChI=1S/C25H26ClFN6O/c26-22-14-21(5-6-23(22)34-16-18-3-1-4-20(27)13-18)31-25-24-19(7-11-33(24)30-17-29-25)15-32-10-2-8-28-9-12-32/h1,3-7,11,13-14,17,28H,2,8-10,12,15-16H2,(H,29,30,31). The molecule has 0 radical (unpaired) electrons. The van der Waals surface area contributed by atoms with Gasteiger partial charge in [0.25, 0.3) is 0 Å². The van der Waals surface area contributed by atoms with Crippen LogP contribution >= 0.6 is 11.6 Å². The van der Waals surface area contributed by atoms with E-state index in [1.807, 2.05) is 22.8 Å². The van der Waals surface area contributed by atoms with E-state index in [0.717, 1.165) is 55.9 Å². The van der Waals surface area contributed by atoms with Gasteiger partial charge in [-0.15, -0.1) is 0 Å². The van der Waals surface area contributed by atoms with Gasteiger partial charge in [0.05, 0.1) is 5.02 Å². The van der Waals surface area contributed by atoms with Crippen molar-refractivity contribution in [2.45, 2.75) is 19.6 Å². The van der Waals surface area contributed by atoms with Gasteiger partial charge in [-0.05, 0) is 67.0 Å². The van der Waals surface area contributed by atoms with Crippen molar-refractivity contribution in [3.63, 3.8) is 0 Å². The van der Waals surface area contributed by atoms with Gasteiger partial charge in [0.2, 0.25) is 0 Å². The molecule has 9 heteroatoms. The van der Waals surface area contributed by atoms with Crippen LogP contribution in [0.4, 0.5) is 15.9 Å². The Morgan fingerprint density at radius 3 is 2.94 bits per heavy atom. The maximum absolute atomic E-state index is 13.4. The molecule has 0 amide bonds. The number of rotatable bonds is 7. The molecule has 0 spiro atoms. The van der Waals surface area contributed by atoms with Gasteiger partial charge in [0.1, 0.15) is 30.0 Å². The zero-order valence-electron chi connectivity index (χ0n) is 18.7. The quantitative estimate of drug-likeness (QED) is 0.401. The molecule has 2 aromatic heterocycles. The van der Waals surface area contributed by atoms with Gasteiger partial charge in [0.15, 0.2) is 5.82 Å². The van der Waals surface area contributed by atoms with Gasteiger partial charge in [-0.2, -0.15) is 5.10 Å². The molecule has 1 fully saturated rings. The minimum atomic E-state index is -0.292. The number of hydrogen-bond donors (Lipinski definition) is 2. The SMILES string of the molecule is Fc1cccc(COc2ccc(Nc3ncnn4ccc(CN5CCCNCC5)c34)cc2Cl)c1. The summed E-state index contributed by atoms with van der Waals surface area (Å²) in [6, 6.07) is 13.9. The fourth-order valence-electron chi connectivity index (χ4n) is 4.16. The second-order valence-corrected chi connectivity index (χ2v) is 8.72. The van der Waals surface area contributed by atoms with Gasteiger partial charge in [-0.3, -0.25) is 4.90 Å². The monoisotopic (exact) mass is 480 g/mol. The Hall–Kier alpha value is -3.20. The van der Waals surface area contributed by atoms with E-state index in [1.165, 1.54) is 24.0 Å². The van der Waals surface area contributed by atoms with Crippen molar-refractivity contribution in [2.24, 2.45) is 0 Å². The van der Waals surface area contributed by atoms with Crippen LogP contribution in [0.1, 0.15) is 17.5 Å². The van der Waals surface area contributed by atoms with Crippen molar-refractivity contribution in [2.75, 3.05) is 31.5 Å². The molecule has 1 saturated heterocycles. The van der Waals surface area contributed by atoms with Crippen LogP contribution in [-0.2, 0) is 13.2 Å². The van der Waals surface area contributed by atoms with Crippen LogP contribution < -0.4 is 15.4 Å². The molecule has 1 aliphatic rings. The topological polar surface area (TPSA) is 66.7 Å². The van der Waals surface area contributed by atoms with E-state index in [2.05, 4.69) is 31.7 Å². The predicted molar refractivity (Wildman–Crippen MR) is 131 cm³/mol. The van der Waals surface area contributed by atoms with Crippen LogP contribution in [0.3, 0.4) is 0 Å². The molecule has 2 aromatic carbocycles. The van der Waals surface area contributed by atoms with Crippen molar-refractivity contribution in [1.29, 1.82) is 0 Å². The third-order valence-electron chi connectivity index (χ3n) is 5.84. The molecule has 0 bridgehead atoms. The molecule has 0 atom stereocenters. The number of hydrogen-bond acceptors (Lipinski definition) is 6. The van der Waals surface area contributed by atoms with E-state index in [-0.39, 0.29) is 12.4 Å². The molecule has 7 nitrogen and oxygen atoms in total. The Labute approximate surface area is 202 Å². The second kappa shape index (κ2) is 10.4. The van der Waals surface area contributed by atoms with Crippen LogP contribution in [0.25, 0.3) is 5.52 Å². The van der Waals surface area contributed by atoms with Gasteiger partial charge >= 0.3 is 0 Å². The summed E-state index contributed by atoms with van der Waals surface area (Å²) in [7, 11) is 0. The molecule has 2 N–H and O–H groups in total. The van der Waals surface area contributed by atoms with E-state index < -0.39 is 0 Å². The summed E-state index contributed by atoms with van der Waals surface area (Å²) >= 11 is 6.48. The number of nitrogens with one attached hydrogen (secondary N) is 2. The Kier molecular flexibility index (Phi) is 6.89. The smallest absolute Gasteiger partial charge is 0.158 e. The third kappa shape index (κ3) is 5.30. The summed E-state index contributed by atoms with van der Waals surface area (Å²) in [5.74, 6) is 0.954. The number of nitrogens with zero attached hydrogens (tertiary/aromatic N) is 4. The van der Waals surface area contributed by atoms with Gasteiger partial charge in [0, 0.05) is 31.5 Å². The van der Waals surface area contributed by atoms with Crippen LogP contribution in [0, 0.1) is 5.82 Å². The minimum absolute atomic E-state index is 0.232. The fraction of sp³-hybridized carbons (Fsp3) is 0.280. The van der Waals surface area contributed by atoms with Crippen molar-refractivity contribution < 1.29 is 9.13 Å². The van der Waals surface area contributed by atoms with Crippen molar-refractivity contribution in [3.8, 4) is 5.75 Å². The largest absolute Gasteiger partial charge is 0.487 e. The molecule has 176 valence electrons. The van der Waals surface area contributed by atoms with Crippen LogP contribution in [0.15, 0.2) is 61.1 Å². The molecular formula is C25H26ClFN6O. The first-order valence-electron chi connectivity index (χ1n) is 11.3. The fourth-order valence-corrected chi connectivity index (χ4v) is 4.39. The van der Waals surface area contributed by atoms with Crippen LogP contribution in [0.2, 0.25) is 5.02 Å². The zero-order valence-corrected chi connectivity index (χ0v) is 19.4. The number of halogens is 2. The number of ether oxygens (including phenoxy) is 1. The van der Waals surface area contributed by atoms with Crippen LogP contribution in [0.5, 0.6) is 5.75 Å². The highest BCUT2D eigenvalue weighted by Gasteiger charge is 2.15. The maximum Gasteiger partial charge on any atom is 0.158 e. The normalized spacial score (nSPS) is 14.8. The molecule has 0 saturated carbocycles. The summed E-state index contributed by atoms with van der Waals surface area (Å²) in [6.07, 6.45) is 4.64. The Morgan fingerprint density at radius 1 is 1.12 bits per heavy atom. The molecule has 0 unspecified atom stereocenters. The van der Waals surface area contributed by atoms with Crippen molar-refractivity contribution in [3.05, 3.63) is 83.0 Å². The van der Waals surface area contributed by atoms with Gasteiger partial charge < -0.3 is 15.4 Å². The summed E-state index contributed by atoms with van der Waals surface area (Å²) < 4.78 is 21.0. The molecule has 3 heterocycles. The first-order valence-corrected chi connectivity index (χ1v) is 11.7. The van der Waals surface area contributed by atoms with Gasteiger partial charge in [-0.25, -0.2) is 13.9 Å². The van der Waals surface area contributed by atoms with E-state index in [1.54, 1.807) is 18.2 Å². The van der Waals surface area contributed by atoms with Crippen LogP contribution in [-0.4, -0.2) is 45.7 Å². The number of fused-ring (bicyclic) bond motifs is 1. The highest BCUT2D eigenvalue weighted by molar-refractivity contribution is 6.32. The van der Waals surface area contributed by atoms with Crippen molar-refractivity contribution in [1.82, 2.24) is 24.8 Å². The lowest BCUT2D eigenvalue weighted by atomic mass is 10.2. The summed E-state index contributed by atoms with van der Waals surface area (Å²) in [4.78, 5) is 6.95. The molecule has 34 heavy (non-hydrogen) atoms. The van der Waals surface area contributed by atoms with E-state index in [9.17, 15) is 4.39 Å². The second-order valence-electron chi connectivity index (χ2n) is 8.31. The Morgan fingerprint density at radius 2 is 2.06 bits per heavy atom. The summed E-state index contributed by atoms with van der Waals surface area (Å²) in [6.45, 7) is 5.21. The first-order chi connectivity index (χ1) is 16.7. The minimum Gasteiger partial charge on any atom is -0.487 e. The van der Waals surface area contributed by atoms with Gasteiger partial charge in [-0.1, -0.05) is 23.7 Å². The van der Waals surface area contributed by atoms with Crippen molar-refractivity contribution >= 4 is 28.6 Å². The molecule has 1 aliphatic heterocycles. The lowest BCUT2D eigenvalue weighted by Crippen LogP contribution is -2.27. The number of anilines is 2. The highest BCUT2D eigenvalue weighted by Crippen LogP contribution is 2.31. The Balaban J connectivity index is 1.32. The molecule has 4 aromatic rings. The predicted octanol–water partition coefficient (Wildman–Crippen LogP) is 4.64. The summed E-state index contributed by atoms with van der Waals surface area (Å²) in [5.41, 5.74) is 3.64. The molecule has 5 rings (SSSR count). The van der Waals surface area contributed by atoms with E-state index in [0.29, 0.717) is 16.6 Å². The van der Waals surface area contributed by atoms with E-state index >= 15 is 0 Å². The zero-order chi connectivity index (χ0) is 23.3.